The molecule has 2 aromatic rings. The van der Waals surface area contributed by atoms with Crippen molar-refractivity contribution in [2.45, 2.75) is 13.8 Å². The fourth-order valence-electron chi connectivity index (χ4n) is 1.95. The van der Waals surface area contributed by atoms with Crippen molar-refractivity contribution >= 4 is 29.0 Å². The molecule has 0 unspecified atom stereocenters. The van der Waals surface area contributed by atoms with E-state index in [0.717, 1.165) is 6.07 Å². The third-order valence-electron chi connectivity index (χ3n) is 2.97. The average Bonchev–Trinajstić information content (AvgIpc) is 2.42. The number of aryl methyl sites for hydroxylation is 1. The first-order valence-electron chi connectivity index (χ1n) is 6.27. The van der Waals surface area contributed by atoms with Crippen LogP contribution < -0.4 is 5.32 Å². The third kappa shape index (κ3) is 3.28. The van der Waals surface area contributed by atoms with Gasteiger partial charge in [0.25, 0.3) is 0 Å². The Kier molecular flexibility index (Phi) is 4.38. The van der Waals surface area contributed by atoms with Crippen LogP contribution in [0, 0.1) is 12.7 Å². The number of carbonyl (C=O) groups excluding carboxylic acids is 2. The Morgan fingerprint density at radius 1 is 1.14 bits per heavy atom. The molecule has 1 N–H and O–H groups in total. The first-order chi connectivity index (χ1) is 9.90. The molecule has 0 aliphatic carbocycles. The standard InChI is InChI=1S/C16H13ClFNO2/c1-9-7-15(19-10(2)20)12(8-14(9)18)16(21)11-5-3-4-6-13(11)17/h3-8H,1-2H3,(H,19,20). The number of benzene rings is 2. The van der Waals surface area contributed by atoms with Crippen molar-refractivity contribution in [2.75, 3.05) is 5.32 Å². The first-order valence-corrected chi connectivity index (χ1v) is 6.65. The molecule has 0 aromatic heterocycles. The number of rotatable bonds is 3. The lowest BCUT2D eigenvalue weighted by Crippen LogP contribution is -2.13. The number of nitrogens with one attached hydrogen (secondary N) is 1. The van der Waals surface area contributed by atoms with E-state index < -0.39 is 11.6 Å². The zero-order valence-corrected chi connectivity index (χ0v) is 12.3. The Balaban J connectivity index is 2.57. The molecule has 5 heteroatoms. The zero-order valence-electron chi connectivity index (χ0n) is 11.5. The van der Waals surface area contributed by atoms with E-state index in [4.69, 9.17) is 11.6 Å². The van der Waals surface area contributed by atoms with Gasteiger partial charge in [0.1, 0.15) is 5.82 Å². The van der Waals surface area contributed by atoms with Crippen molar-refractivity contribution < 1.29 is 14.0 Å². The summed E-state index contributed by atoms with van der Waals surface area (Å²) in [4.78, 5) is 23.8. The van der Waals surface area contributed by atoms with E-state index in [1.807, 2.05) is 0 Å². The highest BCUT2D eigenvalue weighted by Gasteiger charge is 2.19. The average molecular weight is 306 g/mol. The molecule has 2 rings (SSSR count). The third-order valence-corrected chi connectivity index (χ3v) is 3.30. The van der Waals surface area contributed by atoms with Gasteiger partial charge in [-0.05, 0) is 36.8 Å². The predicted molar refractivity (Wildman–Crippen MR) is 80.3 cm³/mol. The number of ketones is 1. The minimum atomic E-state index is -0.514. The Morgan fingerprint density at radius 3 is 2.43 bits per heavy atom. The van der Waals surface area contributed by atoms with E-state index >= 15 is 0 Å². The van der Waals surface area contributed by atoms with Crippen molar-refractivity contribution in [2.24, 2.45) is 0 Å². The monoisotopic (exact) mass is 305 g/mol. The zero-order chi connectivity index (χ0) is 15.6. The van der Waals surface area contributed by atoms with E-state index in [0.29, 0.717) is 5.56 Å². The Morgan fingerprint density at radius 2 is 1.81 bits per heavy atom. The molecular weight excluding hydrogens is 293 g/mol. The van der Waals surface area contributed by atoms with Crippen LogP contribution in [0.4, 0.5) is 10.1 Å². The quantitative estimate of drug-likeness (QED) is 0.872. The maximum Gasteiger partial charge on any atom is 0.221 e. The van der Waals surface area contributed by atoms with E-state index in [1.165, 1.54) is 13.0 Å². The summed E-state index contributed by atoms with van der Waals surface area (Å²) in [5.74, 6) is -1.29. The van der Waals surface area contributed by atoms with Crippen LogP contribution in [0.2, 0.25) is 5.02 Å². The lowest BCUT2D eigenvalue weighted by Gasteiger charge is -2.12. The molecule has 21 heavy (non-hydrogen) atoms. The summed E-state index contributed by atoms with van der Waals surface area (Å²) in [6, 6.07) is 9.05. The number of halogens is 2. The van der Waals surface area contributed by atoms with Gasteiger partial charge in [0.15, 0.2) is 5.78 Å². The van der Waals surface area contributed by atoms with Gasteiger partial charge in [0.05, 0.1) is 10.7 Å². The molecule has 0 heterocycles. The smallest absolute Gasteiger partial charge is 0.221 e. The molecule has 0 aliphatic heterocycles. The first kappa shape index (κ1) is 15.2. The molecular formula is C16H13ClFNO2. The van der Waals surface area contributed by atoms with Crippen LogP contribution >= 0.6 is 11.6 Å². The summed E-state index contributed by atoms with van der Waals surface area (Å²) in [6.45, 7) is 2.88. The van der Waals surface area contributed by atoms with Crippen LogP contribution in [0.1, 0.15) is 28.4 Å². The second-order valence-corrected chi connectivity index (χ2v) is 5.04. The molecule has 3 nitrogen and oxygen atoms in total. The molecule has 108 valence electrons. The summed E-state index contributed by atoms with van der Waals surface area (Å²) < 4.78 is 13.8. The fourth-order valence-corrected chi connectivity index (χ4v) is 2.17. The van der Waals surface area contributed by atoms with Crippen LogP contribution in [-0.2, 0) is 4.79 Å². The Labute approximate surface area is 126 Å². The molecule has 0 saturated heterocycles. The highest BCUT2D eigenvalue weighted by atomic mass is 35.5. The van der Waals surface area contributed by atoms with Crippen molar-refractivity contribution in [1.82, 2.24) is 0 Å². The fraction of sp³-hybridized carbons (Fsp3) is 0.125. The topological polar surface area (TPSA) is 46.2 Å². The summed E-state index contributed by atoms with van der Waals surface area (Å²) in [5, 5.41) is 2.82. The summed E-state index contributed by atoms with van der Waals surface area (Å²) >= 11 is 6.00. The van der Waals surface area contributed by atoms with Gasteiger partial charge in [-0.1, -0.05) is 23.7 Å². The maximum atomic E-state index is 13.8. The highest BCUT2D eigenvalue weighted by Crippen LogP contribution is 2.26. The number of hydrogen-bond acceptors (Lipinski definition) is 2. The minimum absolute atomic E-state index is 0.0707. The summed E-state index contributed by atoms with van der Waals surface area (Å²) in [7, 11) is 0. The van der Waals surface area contributed by atoms with Crippen LogP contribution in [0.25, 0.3) is 0 Å². The van der Waals surface area contributed by atoms with Gasteiger partial charge in [-0.25, -0.2) is 4.39 Å². The lowest BCUT2D eigenvalue weighted by atomic mass is 9.99. The van der Waals surface area contributed by atoms with E-state index in [1.54, 1.807) is 31.2 Å². The molecule has 0 radical (unpaired) electrons. The van der Waals surface area contributed by atoms with Crippen molar-refractivity contribution in [3.05, 3.63) is 63.9 Å². The highest BCUT2D eigenvalue weighted by molar-refractivity contribution is 6.35. The van der Waals surface area contributed by atoms with Crippen molar-refractivity contribution in [1.29, 1.82) is 0 Å². The molecule has 0 saturated carbocycles. The lowest BCUT2D eigenvalue weighted by molar-refractivity contribution is -0.114. The molecule has 0 atom stereocenters. The SMILES string of the molecule is CC(=O)Nc1cc(C)c(F)cc1C(=O)c1ccccc1Cl. The van der Waals surface area contributed by atoms with Gasteiger partial charge in [-0.3, -0.25) is 9.59 Å². The van der Waals surface area contributed by atoms with Gasteiger partial charge in [-0.15, -0.1) is 0 Å². The molecule has 0 aliphatic rings. The van der Waals surface area contributed by atoms with Gasteiger partial charge in [0.2, 0.25) is 5.91 Å². The van der Waals surface area contributed by atoms with Gasteiger partial charge >= 0.3 is 0 Å². The van der Waals surface area contributed by atoms with Crippen LogP contribution in [0.5, 0.6) is 0 Å². The number of amides is 1. The van der Waals surface area contributed by atoms with Crippen LogP contribution in [0.3, 0.4) is 0 Å². The molecule has 1 amide bonds. The van der Waals surface area contributed by atoms with E-state index in [-0.39, 0.29) is 27.7 Å². The molecule has 0 bridgehead atoms. The van der Waals surface area contributed by atoms with Crippen LogP contribution in [-0.4, -0.2) is 11.7 Å². The van der Waals surface area contributed by atoms with Gasteiger partial charge < -0.3 is 5.32 Å². The summed E-state index contributed by atoms with van der Waals surface area (Å²) in [5.41, 5.74) is 0.941. The molecule has 0 fully saturated rings. The minimum Gasteiger partial charge on any atom is -0.326 e. The van der Waals surface area contributed by atoms with Gasteiger partial charge in [-0.2, -0.15) is 0 Å². The maximum absolute atomic E-state index is 13.8. The molecule has 2 aromatic carbocycles. The Bertz CT molecular complexity index is 728. The number of carbonyl (C=O) groups is 2. The van der Waals surface area contributed by atoms with E-state index in [2.05, 4.69) is 5.32 Å². The second-order valence-electron chi connectivity index (χ2n) is 4.64. The van der Waals surface area contributed by atoms with E-state index in [9.17, 15) is 14.0 Å². The molecule has 0 spiro atoms. The Hall–Kier alpha value is -2.20. The second kappa shape index (κ2) is 6.06. The summed E-state index contributed by atoms with van der Waals surface area (Å²) in [6.07, 6.45) is 0. The normalized spacial score (nSPS) is 10.3. The predicted octanol–water partition coefficient (Wildman–Crippen LogP) is 3.98. The number of anilines is 1. The number of hydrogen-bond donors (Lipinski definition) is 1. The van der Waals surface area contributed by atoms with Crippen LogP contribution in [0.15, 0.2) is 36.4 Å². The van der Waals surface area contributed by atoms with Crippen molar-refractivity contribution in [3.8, 4) is 0 Å². The largest absolute Gasteiger partial charge is 0.326 e. The van der Waals surface area contributed by atoms with Gasteiger partial charge in [0, 0.05) is 18.1 Å². The van der Waals surface area contributed by atoms with Crippen molar-refractivity contribution in [3.63, 3.8) is 0 Å².